The van der Waals surface area contributed by atoms with Gasteiger partial charge >= 0.3 is 0 Å². The Labute approximate surface area is 111 Å². The summed E-state index contributed by atoms with van der Waals surface area (Å²) in [6.45, 7) is 5.46. The fourth-order valence-corrected chi connectivity index (χ4v) is 3.08. The van der Waals surface area contributed by atoms with Crippen molar-refractivity contribution in [2.45, 2.75) is 58.4 Å². The van der Waals surface area contributed by atoms with Crippen molar-refractivity contribution in [1.82, 2.24) is 10.3 Å². The molecule has 0 spiro atoms. The van der Waals surface area contributed by atoms with Gasteiger partial charge in [-0.2, -0.15) is 0 Å². The Morgan fingerprint density at radius 3 is 2.83 bits per heavy atom. The van der Waals surface area contributed by atoms with Crippen LogP contribution in [-0.2, 0) is 0 Å². The first kappa shape index (κ1) is 13.5. The van der Waals surface area contributed by atoms with Gasteiger partial charge < -0.3 is 5.32 Å². The van der Waals surface area contributed by atoms with Crippen molar-refractivity contribution in [3.63, 3.8) is 0 Å². The molecule has 0 bridgehead atoms. The van der Waals surface area contributed by atoms with Gasteiger partial charge in [0.15, 0.2) is 0 Å². The lowest BCUT2D eigenvalue weighted by Crippen LogP contribution is -2.25. The molecular formula is C16H26N2. The Kier molecular flexibility index (Phi) is 5.18. The molecule has 18 heavy (non-hydrogen) atoms. The van der Waals surface area contributed by atoms with E-state index in [1.807, 2.05) is 6.20 Å². The average molecular weight is 246 g/mol. The first-order valence-corrected chi connectivity index (χ1v) is 7.46. The number of aryl methyl sites for hydroxylation is 1. The molecule has 0 aromatic carbocycles. The average Bonchev–Trinajstić information content (AvgIpc) is 2.88. The quantitative estimate of drug-likeness (QED) is 0.820. The maximum Gasteiger partial charge on any atom is 0.0420 e. The van der Waals surface area contributed by atoms with Crippen molar-refractivity contribution < 1.29 is 0 Å². The second kappa shape index (κ2) is 6.89. The van der Waals surface area contributed by atoms with Gasteiger partial charge in [0.25, 0.3) is 0 Å². The van der Waals surface area contributed by atoms with E-state index in [9.17, 15) is 0 Å². The second-order valence-electron chi connectivity index (χ2n) is 5.57. The maximum absolute atomic E-state index is 4.44. The molecule has 1 N–H and O–H groups in total. The fourth-order valence-electron chi connectivity index (χ4n) is 3.08. The van der Waals surface area contributed by atoms with Crippen molar-refractivity contribution >= 4 is 0 Å². The van der Waals surface area contributed by atoms with E-state index in [-0.39, 0.29) is 0 Å². The molecule has 1 fully saturated rings. The van der Waals surface area contributed by atoms with E-state index in [1.54, 1.807) is 0 Å². The summed E-state index contributed by atoms with van der Waals surface area (Å²) in [6, 6.07) is 4.81. The second-order valence-corrected chi connectivity index (χ2v) is 5.57. The smallest absolute Gasteiger partial charge is 0.0420 e. The Hall–Kier alpha value is -0.890. The summed E-state index contributed by atoms with van der Waals surface area (Å²) in [6.07, 6.45) is 10.1. The molecule has 0 saturated heterocycles. The van der Waals surface area contributed by atoms with Gasteiger partial charge in [-0.05, 0) is 43.9 Å². The number of hydrogen-bond acceptors (Lipinski definition) is 2. The zero-order valence-electron chi connectivity index (χ0n) is 11.8. The van der Waals surface area contributed by atoms with Crippen molar-refractivity contribution in [2.75, 3.05) is 6.54 Å². The Morgan fingerprint density at radius 2 is 2.17 bits per heavy atom. The molecule has 0 amide bonds. The first-order valence-electron chi connectivity index (χ1n) is 7.46. The summed E-state index contributed by atoms with van der Waals surface area (Å²) in [5.74, 6) is 0.916. The number of aromatic nitrogens is 1. The van der Waals surface area contributed by atoms with E-state index in [0.717, 1.165) is 12.5 Å². The molecule has 1 aliphatic rings. The Balaban J connectivity index is 2.06. The molecule has 1 heterocycles. The number of nitrogens with one attached hydrogen (secondary N) is 1. The van der Waals surface area contributed by atoms with E-state index < -0.39 is 0 Å². The van der Waals surface area contributed by atoms with E-state index in [0.29, 0.717) is 6.04 Å². The molecule has 0 aliphatic heterocycles. The molecule has 1 unspecified atom stereocenters. The van der Waals surface area contributed by atoms with E-state index in [2.05, 4.69) is 36.3 Å². The van der Waals surface area contributed by atoms with Crippen LogP contribution in [0.1, 0.15) is 62.7 Å². The molecule has 1 saturated carbocycles. The highest BCUT2D eigenvalue weighted by atomic mass is 14.9. The van der Waals surface area contributed by atoms with Crippen LogP contribution in [0.4, 0.5) is 0 Å². The van der Waals surface area contributed by atoms with Gasteiger partial charge in [0.05, 0.1) is 0 Å². The normalized spacial score (nSPS) is 18.1. The van der Waals surface area contributed by atoms with Gasteiger partial charge in [-0.3, -0.25) is 4.98 Å². The predicted octanol–water partition coefficient (Wildman–Crippen LogP) is 4.01. The van der Waals surface area contributed by atoms with Gasteiger partial charge in [0, 0.05) is 17.9 Å². The lowest BCUT2D eigenvalue weighted by atomic mass is 9.93. The molecular weight excluding hydrogens is 220 g/mol. The number of hydrogen-bond donors (Lipinski definition) is 1. The molecule has 1 aromatic heterocycles. The third-order valence-electron chi connectivity index (χ3n) is 4.11. The van der Waals surface area contributed by atoms with Crippen LogP contribution in [0.5, 0.6) is 0 Å². The predicted molar refractivity (Wildman–Crippen MR) is 76.6 cm³/mol. The van der Waals surface area contributed by atoms with E-state index in [1.165, 1.54) is 49.8 Å². The van der Waals surface area contributed by atoms with Crippen molar-refractivity contribution in [3.8, 4) is 0 Å². The van der Waals surface area contributed by atoms with Crippen LogP contribution in [0.3, 0.4) is 0 Å². The van der Waals surface area contributed by atoms with Crippen LogP contribution < -0.4 is 5.32 Å². The van der Waals surface area contributed by atoms with Gasteiger partial charge in [-0.15, -0.1) is 0 Å². The van der Waals surface area contributed by atoms with E-state index in [4.69, 9.17) is 0 Å². The topological polar surface area (TPSA) is 24.9 Å². The minimum Gasteiger partial charge on any atom is -0.310 e. The van der Waals surface area contributed by atoms with Gasteiger partial charge in [0.1, 0.15) is 0 Å². The fraction of sp³-hybridized carbons (Fsp3) is 0.688. The summed E-state index contributed by atoms with van der Waals surface area (Å²) in [5, 5.41) is 3.71. The number of nitrogens with zero attached hydrogens (tertiary/aromatic N) is 1. The number of pyridine rings is 1. The van der Waals surface area contributed by atoms with Crippen LogP contribution in [0.25, 0.3) is 0 Å². The largest absolute Gasteiger partial charge is 0.310 e. The molecule has 2 rings (SSSR count). The Morgan fingerprint density at radius 1 is 1.39 bits per heavy atom. The molecule has 0 radical (unpaired) electrons. The standard InChI is InChI=1S/C16H26N2/c1-3-10-18-16(12-14-7-4-5-8-14)15-9-6-11-17-13(15)2/h6,9,11,14,16,18H,3-5,7-8,10,12H2,1-2H3. The third kappa shape index (κ3) is 3.55. The maximum atomic E-state index is 4.44. The van der Waals surface area contributed by atoms with Crippen LogP contribution in [0.15, 0.2) is 18.3 Å². The van der Waals surface area contributed by atoms with Crippen molar-refractivity contribution in [2.24, 2.45) is 5.92 Å². The lowest BCUT2D eigenvalue weighted by Gasteiger charge is -2.23. The monoisotopic (exact) mass is 246 g/mol. The van der Waals surface area contributed by atoms with Gasteiger partial charge in [0.2, 0.25) is 0 Å². The van der Waals surface area contributed by atoms with Crippen molar-refractivity contribution in [1.29, 1.82) is 0 Å². The van der Waals surface area contributed by atoms with Crippen LogP contribution >= 0.6 is 0 Å². The van der Waals surface area contributed by atoms with Crippen LogP contribution in [0.2, 0.25) is 0 Å². The summed E-state index contributed by atoms with van der Waals surface area (Å²) >= 11 is 0. The minimum absolute atomic E-state index is 0.502. The summed E-state index contributed by atoms with van der Waals surface area (Å²) in [5.41, 5.74) is 2.59. The highest BCUT2D eigenvalue weighted by molar-refractivity contribution is 5.22. The molecule has 100 valence electrons. The minimum atomic E-state index is 0.502. The molecule has 1 aliphatic carbocycles. The lowest BCUT2D eigenvalue weighted by molar-refractivity contribution is 0.393. The van der Waals surface area contributed by atoms with Crippen molar-refractivity contribution in [3.05, 3.63) is 29.6 Å². The highest BCUT2D eigenvalue weighted by Gasteiger charge is 2.21. The molecule has 2 nitrogen and oxygen atoms in total. The molecule has 1 atom stereocenters. The molecule has 2 heteroatoms. The van der Waals surface area contributed by atoms with Gasteiger partial charge in [-0.25, -0.2) is 0 Å². The summed E-state index contributed by atoms with van der Waals surface area (Å²) in [7, 11) is 0. The molecule has 1 aromatic rings. The summed E-state index contributed by atoms with van der Waals surface area (Å²) in [4.78, 5) is 4.44. The van der Waals surface area contributed by atoms with Crippen LogP contribution in [-0.4, -0.2) is 11.5 Å². The SMILES string of the molecule is CCCNC(CC1CCCC1)c1cccnc1C. The van der Waals surface area contributed by atoms with Crippen LogP contribution in [0, 0.1) is 12.8 Å². The highest BCUT2D eigenvalue weighted by Crippen LogP contribution is 2.33. The van der Waals surface area contributed by atoms with E-state index >= 15 is 0 Å². The third-order valence-corrected chi connectivity index (χ3v) is 4.11. The summed E-state index contributed by atoms with van der Waals surface area (Å²) < 4.78 is 0. The first-order chi connectivity index (χ1) is 8.81. The Bertz CT molecular complexity index is 356. The number of rotatable bonds is 6. The zero-order chi connectivity index (χ0) is 12.8. The zero-order valence-corrected chi connectivity index (χ0v) is 11.8. The van der Waals surface area contributed by atoms with Gasteiger partial charge in [-0.1, -0.05) is 38.7 Å².